The minimum Gasteiger partial charge on any atom is -0.466 e. The fraction of sp³-hybridized carbons (Fsp3) is 0.458. The smallest absolute Gasteiger partial charge is 0.308 e. The van der Waals surface area contributed by atoms with Crippen LogP contribution in [0.4, 0.5) is 0 Å². The molecule has 31 heavy (non-hydrogen) atoms. The predicted octanol–water partition coefficient (Wildman–Crippen LogP) is 5.32. The quantitative estimate of drug-likeness (QED) is 0.453. The molecule has 0 amide bonds. The van der Waals surface area contributed by atoms with Crippen LogP contribution >= 0.6 is 15.9 Å². The van der Waals surface area contributed by atoms with Gasteiger partial charge in [0, 0.05) is 17.6 Å². The van der Waals surface area contributed by atoms with Crippen molar-refractivity contribution in [1.82, 2.24) is 4.31 Å². The first-order valence-corrected chi connectivity index (χ1v) is 13.0. The van der Waals surface area contributed by atoms with Gasteiger partial charge in [0.1, 0.15) is 0 Å². The molecule has 0 radical (unpaired) electrons. The van der Waals surface area contributed by atoms with E-state index >= 15 is 0 Å². The molecule has 5 nitrogen and oxygen atoms in total. The Morgan fingerprint density at radius 1 is 1.06 bits per heavy atom. The zero-order valence-electron chi connectivity index (χ0n) is 18.1. The van der Waals surface area contributed by atoms with Crippen LogP contribution in [-0.2, 0) is 26.1 Å². The molecule has 0 bridgehead atoms. The van der Waals surface area contributed by atoms with Crippen LogP contribution in [0.2, 0.25) is 0 Å². The summed E-state index contributed by atoms with van der Waals surface area (Å²) in [5.41, 5.74) is 2.08. The summed E-state index contributed by atoms with van der Waals surface area (Å²) in [7, 11) is -3.65. The Hall–Kier alpha value is -1.70. The van der Waals surface area contributed by atoms with E-state index in [-0.39, 0.29) is 17.8 Å². The van der Waals surface area contributed by atoms with Gasteiger partial charge in [-0.15, -0.1) is 0 Å². The molecule has 0 spiro atoms. The molecule has 1 fully saturated rings. The molecule has 0 N–H and O–H groups in total. The van der Waals surface area contributed by atoms with Crippen molar-refractivity contribution < 1.29 is 17.9 Å². The van der Waals surface area contributed by atoms with Gasteiger partial charge in [0.05, 0.1) is 17.4 Å². The Morgan fingerprint density at radius 3 is 2.32 bits per heavy atom. The summed E-state index contributed by atoms with van der Waals surface area (Å²) in [6.07, 6.45) is 3.15. The van der Waals surface area contributed by atoms with Gasteiger partial charge < -0.3 is 4.74 Å². The third kappa shape index (κ3) is 6.18. The van der Waals surface area contributed by atoms with Crippen molar-refractivity contribution in [3.05, 3.63) is 64.1 Å². The number of sulfonamides is 1. The van der Waals surface area contributed by atoms with Gasteiger partial charge in [-0.1, -0.05) is 40.2 Å². The van der Waals surface area contributed by atoms with Crippen molar-refractivity contribution in [3.63, 3.8) is 0 Å². The molecule has 0 unspecified atom stereocenters. The highest BCUT2D eigenvalue weighted by Crippen LogP contribution is 2.32. The van der Waals surface area contributed by atoms with Crippen molar-refractivity contribution in [2.75, 3.05) is 13.2 Å². The Kier molecular flexibility index (Phi) is 8.30. The maximum atomic E-state index is 13.5. The number of rotatable bonds is 8. The van der Waals surface area contributed by atoms with Gasteiger partial charge in [0.2, 0.25) is 10.0 Å². The van der Waals surface area contributed by atoms with Gasteiger partial charge in [0.15, 0.2) is 0 Å². The predicted molar refractivity (Wildman–Crippen MR) is 125 cm³/mol. The monoisotopic (exact) mass is 507 g/mol. The molecule has 0 saturated heterocycles. The van der Waals surface area contributed by atoms with Crippen LogP contribution in [0.1, 0.15) is 43.7 Å². The van der Waals surface area contributed by atoms with E-state index in [1.165, 1.54) is 0 Å². The molecule has 1 saturated carbocycles. The van der Waals surface area contributed by atoms with Crippen LogP contribution in [0.3, 0.4) is 0 Å². The molecule has 1 aliphatic carbocycles. The maximum absolute atomic E-state index is 13.5. The number of hydrogen-bond donors (Lipinski definition) is 0. The first-order valence-electron chi connectivity index (χ1n) is 10.8. The molecule has 7 heteroatoms. The zero-order chi connectivity index (χ0) is 22.4. The highest BCUT2D eigenvalue weighted by molar-refractivity contribution is 9.10. The van der Waals surface area contributed by atoms with E-state index < -0.39 is 10.0 Å². The summed E-state index contributed by atoms with van der Waals surface area (Å²) in [6.45, 7) is 5.00. The van der Waals surface area contributed by atoms with Crippen molar-refractivity contribution >= 4 is 31.9 Å². The van der Waals surface area contributed by atoms with Crippen molar-refractivity contribution in [2.24, 2.45) is 11.8 Å². The molecule has 2 aromatic rings. The van der Waals surface area contributed by atoms with Gasteiger partial charge in [-0.2, -0.15) is 4.31 Å². The molecule has 0 aromatic heterocycles. The van der Waals surface area contributed by atoms with Crippen LogP contribution < -0.4 is 0 Å². The lowest BCUT2D eigenvalue weighted by atomic mass is 9.82. The van der Waals surface area contributed by atoms with Crippen LogP contribution in [0.5, 0.6) is 0 Å². The Bertz CT molecular complexity index is 983. The Labute approximate surface area is 194 Å². The fourth-order valence-corrected chi connectivity index (χ4v) is 5.87. The molecule has 0 heterocycles. The normalized spacial score (nSPS) is 19.4. The number of halogens is 1. The third-order valence-corrected chi connectivity index (χ3v) is 8.34. The number of hydrogen-bond acceptors (Lipinski definition) is 4. The number of nitrogens with zero attached hydrogens (tertiary/aromatic N) is 1. The van der Waals surface area contributed by atoms with Crippen LogP contribution in [0, 0.1) is 18.8 Å². The number of ether oxygens (including phenoxy) is 1. The number of esters is 1. The number of benzene rings is 2. The highest BCUT2D eigenvalue weighted by Gasteiger charge is 2.32. The molecular weight excluding hydrogens is 478 g/mol. The second kappa shape index (κ2) is 10.7. The topological polar surface area (TPSA) is 63.7 Å². The maximum Gasteiger partial charge on any atom is 0.308 e. The molecule has 0 aliphatic heterocycles. The summed E-state index contributed by atoms with van der Waals surface area (Å²) >= 11 is 3.37. The molecule has 168 valence electrons. The number of carbonyl (C=O) groups excluding carboxylic acids is 1. The lowest BCUT2D eigenvalue weighted by Gasteiger charge is -2.32. The van der Waals surface area contributed by atoms with E-state index in [0.29, 0.717) is 24.6 Å². The second-order valence-corrected chi connectivity index (χ2v) is 11.0. The zero-order valence-corrected chi connectivity index (χ0v) is 20.5. The molecule has 2 aromatic carbocycles. The van der Waals surface area contributed by atoms with Crippen molar-refractivity contribution in [3.8, 4) is 0 Å². The van der Waals surface area contributed by atoms with Crippen LogP contribution in [-0.4, -0.2) is 31.8 Å². The average molecular weight is 508 g/mol. The lowest BCUT2D eigenvalue weighted by molar-refractivity contribution is -0.149. The second-order valence-electron chi connectivity index (χ2n) is 8.15. The van der Waals surface area contributed by atoms with Crippen molar-refractivity contribution in [1.29, 1.82) is 0 Å². The lowest BCUT2D eigenvalue weighted by Crippen LogP contribution is -2.37. The standard InChI is InChI=1S/C24H30BrNO4S/c1-3-30-24(27)20-10-8-19(9-11-20)16-26(17-21-7-5-4-6-18(21)2)31(28,29)23-14-12-22(25)13-15-23/h4-7,12-15,19-20H,3,8-11,16-17H2,1-2H3. The van der Waals surface area contributed by atoms with Gasteiger partial charge in [-0.3, -0.25) is 4.79 Å². The third-order valence-electron chi connectivity index (χ3n) is 5.99. The summed E-state index contributed by atoms with van der Waals surface area (Å²) in [5.74, 6) is 0.0317. The first kappa shape index (κ1) is 24.0. The summed E-state index contributed by atoms with van der Waals surface area (Å²) in [4.78, 5) is 12.3. The number of aryl methyl sites for hydroxylation is 1. The van der Waals surface area contributed by atoms with E-state index in [9.17, 15) is 13.2 Å². The summed E-state index contributed by atoms with van der Waals surface area (Å²) in [6, 6.07) is 14.7. The molecule has 3 rings (SSSR count). The van der Waals surface area contributed by atoms with Crippen LogP contribution in [0.15, 0.2) is 57.9 Å². The molecule has 0 atom stereocenters. The van der Waals surface area contributed by atoms with E-state index in [2.05, 4.69) is 15.9 Å². The first-order chi connectivity index (χ1) is 14.8. The minimum absolute atomic E-state index is 0.0656. The van der Waals surface area contributed by atoms with E-state index in [1.54, 1.807) is 28.6 Å². The largest absolute Gasteiger partial charge is 0.466 e. The van der Waals surface area contributed by atoms with Crippen molar-refractivity contribution in [2.45, 2.75) is 51.0 Å². The Morgan fingerprint density at radius 2 is 1.71 bits per heavy atom. The van der Waals surface area contributed by atoms with Gasteiger partial charge in [0.25, 0.3) is 0 Å². The molecule has 1 aliphatic rings. The van der Waals surface area contributed by atoms with Gasteiger partial charge in [-0.05, 0) is 80.8 Å². The Balaban J connectivity index is 1.79. The minimum atomic E-state index is -3.65. The van der Waals surface area contributed by atoms with Gasteiger partial charge in [-0.25, -0.2) is 8.42 Å². The molecular formula is C24H30BrNO4S. The van der Waals surface area contributed by atoms with E-state index in [4.69, 9.17) is 4.74 Å². The highest BCUT2D eigenvalue weighted by atomic mass is 79.9. The van der Waals surface area contributed by atoms with E-state index in [1.807, 2.05) is 38.1 Å². The van der Waals surface area contributed by atoms with Crippen LogP contribution in [0.25, 0.3) is 0 Å². The number of carbonyl (C=O) groups is 1. The van der Waals surface area contributed by atoms with Gasteiger partial charge >= 0.3 is 5.97 Å². The summed E-state index contributed by atoms with van der Waals surface area (Å²) < 4.78 is 34.7. The fourth-order valence-electron chi connectivity index (χ4n) is 4.11. The SMILES string of the molecule is CCOC(=O)C1CCC(CN(Cc2ccccc2C)S(=O)(=O)c2ccc(Br)cc2)CC1. The summed E-state index contributed by atoms with van der Waals surface area (Å²) in [5, 5.41) is 0. The average Bonchev–Trinajstić information content (AvgIpc) is 2.75. The van der Waals surface area contributed by atoms with E-state index in [0.717, 1.165) is 41.3 Å².